The van der Waals surface area contributed by atoms with Gasteiger partial charge in [0.25, 0.3) is 0 Å². The van der Waals surface area contributed by atoms with Gasteiger partial charge in [0.05, 0.1) is 5.83 Å². The van der Waals surface area contributed by atoms with Crippen LogP contribution in [-0.2, 0) is 0 Å². The zero-order valence-electron chi connectivity index (χ0n) is 10.6. The normalized spacial score (nSPS) is 32.9. The summed E-state index contributed by atoms with van der Waals surface area (Å²) in [5, 5.41) is 0. The fraction of sp³-hybridized carbons (Fsp3) is 0.857. The molecule has 0 heterocycles. The number of hydrogen-bond donors (Lipinski definition) is 0. The lowest BCUT2D eigenvalue weighted by molar-refractivity contribution is 0.415. The van der Waals surface area contributed by atoms with Crippen molar-refractivity contribution in [3.8, 4) is 0 Å². The third-order valence-electron chi connectivity index (χ3n) is 3.95. The maximum Gasteiger partial charge on any atom is 0.0931 e. The van der Waals surface area contributed by atoms with Gasteiger partial charge in [-0.05, 0) is 43.4 Å². The van der Waals surface area contributed by atoms with E-state index in [1.54, 1.807) is 6.08 Å². The van der Waals surface area contributed by atoms with E-state index in [9.17, 15) is 4.39 Å². The van der Waals surface area contributed by atoms with Gasteiger partial charge in [0.1, 0.15) is 0 Å². The minimum atomic E-state index is -0.0356. The Bertz CT molecular complexity index is 227. The topological polar surface area (TPSA) is 0 Å². The first-order valence-corrected chi connectivity index (χ1v) is 6.32. The Morgan fingerprint density at radius 1 is 1.60 bits per heavy atom. The van der Waals surface area contributed by atoms with Crippen molar-refractivity contribution < 1.29 is 4.39 Å². The average Bonchev–Trinajstić information content (AvgIpc) is 2.76. The fourth-order valence-corrected chi connectivity index (χ4v) is 2.75. The quantitative estimate of drug-likeness (QED) is 0.574. The van der Waals surface area contributed by atoms with Crippen LogP contribution in [0.25, 0.3) is 0 Å². The maximum absolute atomic E-state index is 12.6. The standard InChI is InChI=1S/C14H25F/c1-5-13-10-14(13,4)8-6-7-11(2)9-12(3)15/h9,11,13H,5-8,10H2,1-4H3/b12-9+. The summed E-state index contributed by atoms with van der Waals surface area (Å²) in [4.78, 5) is 0. The Kier molecular flexibility index (Phi) is 4.36. The van der Waals surface area contributed by atoms with Crippen molar-refractivity contribution in [1.82, 2.24) is 0 Å². The number of halogens is 1. The van der Waals surface area contributed by atoms with Crippen LogP contribution in [0, 0.1) is 17.3 Å². The first-order valence-electron chi connectivity index (χ1n) is 6.32. The second-order valence-electron chi connectivity index (χ2n) is 5.59. The van der Waals surface area contributed by atoms with Gasteiger partial charge >= 0.3 is 0 Å². The van der Waals surface area contributed by atoms with E-state index >= 15 is 0 Å². The van der Waals surface area contributed by atoms with Crippen molar-refractivity contribution in [2.24, 2.45) is 17.3 Å². The highest BCUT2D eigenvalue weighted by molar-refractivity contribution is 4.98. The van der Waals surface area contributed by atoms with E-state index in [-0.39, 0.29) is 5.83 Å². The molecule has 0 aliphatic heterocycles. The molecule has 0 N–H and O–H groups in total. The molecule has 0 aromatic carbocycles. The Morgan fingerprint density at radius 2 is 2.27 bits per heavy atom. The van der Waals surface area contributed by atoms with Gasteiger partial charge in [-0.3, -0.25) is 0 Å². The van der Waals surface area contributed by atoms with Crippen molar-refractivity contribution >= 4 is 0 Å². The SMILES string of the molecule is CCC1CC1(C)CCCC(C)/C=C(\C)F. The summed E-state index contributed by atoms with van der Waals surface area (Å²) in [6.07, 6.45) is 8.19. The summed E-state index contributed by atoms with van der Waals surface area (Å²) >= 11 is 0. The third-order valence-corrected chi connectivity index (χ3v) is 3.95. The molecule has 3 atom stereocenters. The highest BCUT2D eigenvalue weighted by Crippen LogP contribution is 2.57. The van der Waals surface area contributed by atoms with Crippen LogP contribution in [0.1, 0.15) is 59.8 Å². The van der Waals surface area contributed by atoms with E-state index in [2.05, 4.69) is 20.8 Å². The summed E-state index contributed by atoms with van der Waals surface area (Å²) < 4.78 is 12.6. The monoisotopic (exact) mass is 212 g/mol. The van der Waals surface area contributed by atoms with Crippen molar-refractivity contribution in [2.75, 3.05) is 0 Å². The summed E-state index contributed by atoms with van der Waals surface area (Å²) in [7, 11) is 0. The van der Waals surface area contributed by atoms with E-state index in [0.29, 0.717) is 11.3 Å². The van der Waals surface area contributed by atoms with Gasteiger partial charge in [-0.1, -0.05) is 39.7 Å². The van der Waals surface area contributed by atoms with Crippen molar-refractivity contribution in [3.05, 3.63) is 11.9 Å². The van der Waals surface area contributed by atoms with Crippen LogP contribution in [0.5, 0.6) is 0 Å². The first-order chi connectivity index (χ1) is 6.98. The van der Waals surface area contributed by atoms with E-state index in [1.807, 2.05) is 0 Å². The predicted octanol–water partition coefficient (Wildman–Crippen LogP) is 5.10. The molecule has 0 aromatic heterocycles. The fourth-order valence-electron chi connectivity index (χ4n) is 2.75. The van der Waals surface area contributed by atoms with E-state index in [1.165, 1.54) is 32.6 Å². The zero-order chi connectivity index (χ0) is 11.5. The van der Waals surface area contributed by atoms with E-state index in [0.717, 1.165) is 12.3 Å². The molecular formula is C14H25F. The summed E-state index contributed by atoms with van der Waals surface area (Å²) in [6.45, 7) is 8.33. The molecule has 0 saturated heterocycles. The number of hydrogen-bond acceptors (Lipinski definition) is 0. The van der Waals surface area contributed by atoms with Crippen LogP contribution in [0.3, 0.4) is 0 Å². The van der Waals surface area contributed by atoms with Gasteiger partial charge in [0, 0.05) is 0 Å². The Labute approximate surface area is 94.0 Å². The van der Waals surface area contributed by atoms with E-state index < -0.39 is 0 Å². The Morgan fingerprint density at radius 3 is 2.73 bits per heavy atom. The molecule has 0 bridgehead atoms. The molecule has 0 spiro atoms. The lowest BCUT2D eigenvalue weighted by Gasteiger charge is -2.12. The lowest BCUT2D eigenvalue weighted by Crippen LogP contribution is -1.99. The minimum Gasteiger partial charge on any atom is -0.212 e. The minimum absolute atomic E-state index is 0.0356. The molecule has 15 heavy (non-hydrogen) atoms. The summed E-state index contributed by atoms with van der Waals surface area (Å²) in [5.74, 6) is 1.33. The highest BCUT2D eigenvalue weighted by Gasteiger charge is 2.47. The molecular weight excluding hydrogens is 187 g/mol. The molecule has 1 heteroatoms. The van der Waals surface area contributed by atoms with Gasteiger partial charge in [-0.2, -0.15) is 0 Å². The van der Waals surface area contributed by atoms with Crippen LogP contribution >= 0.6 is 0 Å². The molecule has 0 radical (unpaired) electrons. The molecule has 1 aliphatic rings. The van der Waals surface area contributed by atoms with Gasteiger partial charge in [-0.25, -0.2) is 4.39 Å². The van der Waals surface area contributed by atoms with Crippen molar-refractivity contribution in [3.63, 3.8) is 0 Å². The van der Waals surface area contributed by atoms with Crippen LogP contribution < -0.4 is 0 Å². The van der Waals surface area contributed by atoms with Crippen LogP contribution in [-0.4, -0.2) is 0 Å². The summed E-state index contributed by atoms with van der Waals surface area (Å²) in [5.41, 5.74) is 0.628. The molecule has 1 aliphatic carbocycles. The van der Waals surface area contributed by atoms with Crippen LogP contribution in [0.4, 0.5) is 4.39 Å². The predicted molar refractivity (Wildman–Crippen MR) is 64.4 cm³/mol. The van der Waals surface area contributed by atoms with Crippen molar-refractivity contribution in [1.29, 1.82) is 0 Å². The molecule has 0 amide bonds. The maximum atomic E-state index is 12.6. The third kappa shape index (κ3) is 3.96. The molecule has 1 saturated carbocycles. The number of rotatable bonds is 6. The first kappa shape index (κ1) is 12.7. The van der Waals surface area contributed by atoms with Crippen molar-refractivity contribution in [2.45, 2.75) is 59.8 Å². The molecule has 0 aromatic rings. The zero-order valence-corrected chi connectivity index (χ0v) is 10.6. The van der Waals surface area contributed by atoms with Gasteiger partial charge in [0.15, 0.2) is 0 Å². The molecule has 1 rings (SSSR count). The van der Waals surface area contributed by atoms with Gasteiger partial charge in [-0.15, -0.1) is 0 Å². The van der Waals surface area contributed by atoms with Gasteiger partial charge < -0.3 is 0 Å². The summed E-state index contributed by atoms with van der Waals surface area (Å²) in [6, 6.07) is 0. The van der Waals surface area contributed by atoms with Gasteiger partial charge in [0.2, 0.25) is 0 Å². The second-order valence-corrected chi connectivity index (χ2v) is 5.59. The smallest absolute Gasteiger partial charge is 0.0931 e. The lowest BCUT2D eigenvalue weighted by atomic mass is 9.94. The van der Waals surface area contributed by atoms with E-state index in [4.69, 9.17) is 0 Å². The Balaban J connectivity index is 2.15. The Hall–Kier alpha value is -0.330. The molecule has 1 fully saturated rings. The molecule has 0 nitrogen and oxygen atoms in total. The van der Waals surface area contributed by atoms with Crippen LogP contribution in [0.15, 0.2) is 11.9 Å². The highest BCUT2D eigenvalue weighted by atomic mass is 19.1. The largest absolute Gasteiger partial charge is 0.212 e. The average molecular weight is 212 g/mol. The second kappa shape index (κ2) is 5.14. The van der Waals surface area contributed by atoms with Crippen LogP contribution in [0.2, 0.25) is 0 Å². The molecule has 3 unspecified atom stereocenters. The molecule has 88 valence electrons. The number of allylic oxidation sites excluding steroid dienone is 2.